The maximum Gasteiger partial charge on any atom is 0.266 e. The first-order valence-corrected chi connectivity index (χ1v) is 10.5. The van der Waals surface area contributed by atoms with Gasteiger partial charge in [-0.3, -0.25) is 9.69 Å². The Labute approximate surface area is 181 Å². The summed E-state index contributed by atoms with van der Waals surface area (Å²) in [4.78, 5) is 19.6. The van der Waals surface area contributed by atoms with E-state index in [2.05, 4.69) is 20.9 Å². The molecule has 1 fully saturated rings. The highest BCUT2D eigenvalue weighted by Gasteiger charge is 2.30. The number of thioether (sulfide) groups is 1. The van der Waals surface area contributed by atoms with Crippen molar-refractivity contribution in [1.29, 1.82) is 0 Å². The molecule has 4 rings (SSSR count). The van der Waals surface area contributed by atoms with Crippen molar-refractivity contribution in [3.05, 3.63) is 81.9 Å². The SMILES string of the molecule is COc1ccc(-n2cccc2/C=C2\SC(=Nc3ccc(Br)cc3)N(C)C2=O)cc1. The van der Waals surface area contributed by atoms with E-state index in [1.807, 2.05) is 77.5 Å². The van der Waals surface area contributed by atoms with Crippen molar-refractivity contribution in [3.63, 3.8) is 0 Å². The number of benzene rings is 2. The Kier molecular flexibility index (Phi) is 5.60. The lowest BCUT2D eigenvalue weighted by Crippen LogP contribution is -2.23. The summed E-state index contributed by atoms with van der Waals surface area (Å²) in [6.07, 6.45) is 3.87. The Hall–Kier alpha value is -2.77. The van der Waals surface area contributed by atoms with Crippen LogP contribution < -0.4 is 4.74 Å². The van der Waals surface area contributed by atoms with Crippen LogP contribution in [0.4, 0.5) is 5.69 Å². The van der Waals surface area contributed by atoms with Gasteiger partial charge in [-0.25, -0.2) is 4.99 Å². The number of methoxy groups -OCH3 is 1. The normalized spacial score (nSPS) is 16.8. The molecular weight excluding hydrogens is 450 g/mol. The van der Waals surface area contributed by atoms with Gasteiger partial charge < -0.3 is 9.30 Å². The summed E-state index contributed by atoms with van der Waals surface area (Å²) in [6, 6.07) is 19.4. The topological polar surface area (TPSA) is 46.8 Å². The number of hydrogen-bond acceptors (Lipinski definition) is 4. The number of ether oxygens (including phenoxy) is 1. The molecule has 1 aromatic heterocycles. The zero-order valence-electron chi connectivity index (χ0n) is 15.9. The summed E-state index contributed by atoms with van der Waals surface area (Å²) in [5, 5.41) is 0.658. The first-order chi connectivity index (χ1) is 14.0. The Morgan fingerprint density at radius 3 is 2.48 bits per heavy atom. The third-order valence-electron chi connectivity index (χ3n) is 4.46. The molecule has 146 valence electrons. The standard InChI is InChI=1S/C22H18BrN3O2S/c1-25-21(27)20(29-22(25)24-16-7-5-15(23)6-8-16)14-18-4-3-13-26(18)17-9-11-19(28-2)12-10-17/h3-14H,1-2H3/b20-14-,24-22?. The van der Waals surface area contributed by atoms with E-state index in [4.69, 9.17) is 4.74 Å². The van der Waals surface area contributed by atoms with Crippen molar-refractivity contribution in [2.45, 2.75) is 0 Å². The maximum absolute atomic E-state index is 12.7. The molecule has 0 radical (unpaired) electrons. The second kappa shape index (κ2) is 8.31. The first kappa shape index (κ1) is 19.5. The summed E-state index contributed by atoms with van der Waals surface area (Å²) in [5.41, 5.74) is 2.72. The molecule has 0 unspecified atom stereocenters. The molecule has 29 heavy (non-hydrogen) atoms. The predicted octanol–water partition coefficient (Wildman–Crippen LogP) is 5.48. The van der Waals surface area contributed by atoms with Gasteiger partial charge in [-0.15, -0.1) is 0 Å². The summed E-state index contributed by atoms with van der Waals surface area (Å²) in [7, 11) is 3.39. The van der Waals surface area contributed by atoms with Crippen LogP contribution >= 0.6 is 27.7 Å². The average molecular weight is 468 g/mol. The number of rotatable bonds is 4. The maximum atomic E-state index is 12.7. The van der Waals surface area contributed by atoms with Crippen molar-refractivity contribution in [1.82, 2.24) is 9.47 Å². The van der Waals surface area contributed by atoms with Crippen molar-refractivity contribution >= 4 is 50.5 Å². The van der Waals surface area contributed by atoms with E-state index in [1.54, 1.807) is 19.1 Å². The highest BCUT2D eigenvalue weighted by molar-refractivity contribution is 9.10. The van der Waals surface area contributed by atoms with Gasteiger partial charge in [0.25, 0.3) is 5.91 Å². The van der Waals surface area contributed by atoms with Gasteiger partial charge >= 0.3 is 0 Å². The lowest BCUT2D eigenvalue weighted by Gasteiger charge is -2.08. The van der Waals surface area contributed by atoms with Gasteiger partial charge in [0.05, 0.1) is 17.7 Å². The number of hydrogen-bond donors (Lipinski definition) is 0. The first-order valence-electron chi connectivity index (χ1n) is 8.89. The molecule has 3 aromatic rings. The van der Waals surface area contributed by atoms with Crippen molar-refractivity contribution in [2.75, 3.05) is 14.2 Å². The van der Waals surface area contributed by atoms with Gasteiger partial charge in [0.1, 0.15) is 5.75 Å². The van der Waals surface area contributed by atoms with Crippen LogP contribution in [0.3, 0.4) is 0 Å². The van der Waals surface area contributed by atoms with Crippen molar-refractivity contribution in [3.8, 4) is 11.4 Å². The minimum Gasteiger partial charge on any atom is -0.497 e. The van der Waals surface area contributed by atoms with Crippen LogP contribution in [0.15, 0.2) is 81.2 Å². The monoisotopic (exact) mass is 467 g/mol. The number of carbonyl (C=O) groups is 1. The summed E-state index contributed by atoms with van der Waals surface area (Å²) >= 11 is 4.80. The summed E-state index contributed by atoms with van der Waals surface area (Å²) in [6.45, 7) is 0. The molecule has 0 N–H and O–H groups in total. The second-order valence-electron chi connectivity index (χ2n) is 6.35. The van der Waals surface area contributed by atoms with E-state index in [1.165, 1.54) is 11.8 Å². The quantitative estimate of drug-likeness (QED) is 0.477. The number of aromatic nitrogens is 1. The molecule has 0 saturated carbocycles. The third-order valence-corrected chi connectivity index (χ3v) is 6.05. The number of halogens is 1. The molecule has 1 saturated heterocycles. The van der Waals surface area contributed by atoms with Gasteiger partial charge in [0.2, 0.25) is 0 Å². The lowest BCUT2D eigenvalue weighted by molar-refractivity contribution is -0.121. The molecular formula is C22H18BrN3O2S. The number of aliphatic imine (C=N–C) groups is 1. The highest BCUT2D eigenvalue weighted by Crippen LogP contribution is 2.33. The van der Waals surface area contributed by atoms with Crippen molar-refractivity contribution in [2.24, 2.45) is 4.99 Å². The fourth-order valence-electron chi connectivity index (χ4n) is 2.90. The molecule has 0 atom stereocenters. The summed E-state index contributed by atoms with van der Waals surface area (Å²) in [5.74, 6) is 0.742. The van der Waals surface area contributed by atoms with Gasteiger partial charge in [-0.1, -0.05) is 15.9 Å². The van der Waals surface area contributed by atoms with Crippen LogP contribution in [0.5, 0.6) is 5.75 Å². The largest absolute Gasteiger partial charge is 0.497 e. The molecule has 7 heteroatoms. The summed E-state index contributed by atoms with van der Waals surface area (Å²) < 4.78 is 8.25. The van der Waals surface area contributed by atoms with Gasteiger partial charge in [-0.05, 0) is 78.5 Å². The van der Waals surface area contributed by atoms with Crippen molar-refractivity contribution < 1.29 is 9.53 Å². The molecule has 5 nitrogen and oxygen atoms in total. The van der Waals surface area contributed by atoms with Crippen LogP contribution in [0, 0.1) is 0 Å². The van der Waals surface area contributed by atoms with E-state index in [-0.39, 0.29) is 5.91 Å². The predicted molar refractivity (Wildman–Crippen MR) is 122 cm³/mol. The highest BCUT2D eigenvalue weighted by atomic mass is 79.9. The molecule has 1 aliphatic rings. The molecule has 2 heterocycles. The number of amidine groups is 1. The van der Waals surface area contributed by atoms with E-state index >= 15 is 0 Å². The fourth-order valence-corrected chi connectivity index (χ4v) is 4.14. The Morgan fingerprint density at radius 2 is 1.79 bits per heavy atom. The van der Waals surface area contributed by atoms with Crippen LogP contribution in [0.25, 0.3) is 11.8 Å². The van der Waals surface area contributed by atoms with E-state index < -0.39 is 0 Å². The number of nitrogens with zero attached hydrogens (tertiary/aromatic N) is 3. The number of carbonyl (C=O) groups excluding carboxylic acids is 1. The van der Waals surface area contributed by atoms with E-state index in [0.717, 1.165) is 27.3 Å². The zero-order chi connectivity index (χ0) is 20.4. The van der Waals surface area contributed by atoms with Crippen LogP contribution in [0.2, 0.25) is 0 Å². The molecule has 2 aromatic carbocycles. The van der Waals surface area contributed by atoms with E-state index in [9.17, 15) is 4.79 Å². The second-order valence-corrected chi connectivity index (χ2v) is 8.27. The molecule has 0 aliphatic carbocycles. The fraction of sp³-hybridized carbons (Fsp3) is 0.0909. The minimum absolute atomic E-state index is 0.0617. The smallest absolute Gasteiger partial charge is 0.266 e. The molecule has 1 aliphatic heterocycles. The Bertz CT molecular complexity index is 1100. The molecule has 0 spiro atoms. The van der Waals surface area contributed by atoms with E-state index in [0.29, 0.717) is 10.1 Å². The Morgan fingerprint density at radius 1 is 1.07 bits per heavy atom. The van der Waals surface area contributed by atoms with Gasteiger partial charge in [0.15, 0.2) is 5.17 Å². The zero-order valence-corrected chi connectivity index (χ0v) is 18.3. The van der Waals surface area contributed by atoms with Crippen LogP contribution in [-0.4, -0.2) is 34.7 Å². The third kappa shape index (κ3) is 4.16. The minimum atomic E-state index is -0.0617. The average Bonchev–Trinajstić information content (AvgIpc) is 3.30. The number of amides is 1. The molecule has 1 amide bonds. The van der Waals surface area contributed by atoms with Gasteiger partial charge in [-0.2, -0.15) is 0 Å². The van der Waals surface area contributed by atoms with Crippen LogP contribution in [-0.2, 0) is 4.79 Å². The van der Waals surface area contributed by atoms with Crippen LogP contribution in [0.1, 0.15) is 5.69 Å². The Balaban J connectivity index is 1.63. The molecule has 0 bridgehead atoms. The van der Waals surface area contributed by atoms with Gasteiger partial charge in [0, 0.05) is 29.1 Å². The number of likely N-dealkylation sites (N-methyl/N-ethyl adjacent to an activating group) is 1. The lowest BCUT2D eigenvalue weighted by atomic mass is 10.3.